The Hall–Kier alpha value is -2.05. The van der Waals surface area contributed by atoms with Crippen LogP contribution in [0, 0.1) is 11.3 Å². The molecule has 2 aromatic rings. The number of halogens is 1. The van der Waals surface area contributed by atoms with Crippen LogP contribution in [0.25, 0.3) is 0 Å². The highest BCUT2D eigenvalue weighted by molar-refractivity contribution is 6.31. The summed E-state index contributed by atoms with van der Waals surface area (Å²) in [4.78, 5) is 4.44. The van der Waals surface area contributed by atoms with E-state index in [9.17, 15) is 0 Å². The third-order valence-corrected chi connectivity index (χ3v) is 3.72. The quantitative estimate of drug-likeness (QED) is 0.904. The summed E-state index contributed by atoms with van der Waals surface area (Å²) in [6.45, 7) is 0. The number of nitrogens with one attached hydrogen (secondary N) is 1. The highest BCUT2D eigenvalue weighted by atomic mass is 35.5. The first-order valence-electron chi connectivity index (χ1n) is 6.18. The van der Waals surface area contributed by atoms with Gasteiger partial charge in [-0.15, -0.1) is 0 Å². The molecule has 1 heterocycles. The summed E-state index contributed by atoms with van der Waals surface area (Å²) < 4.78 is 0. The van der Waals surface area contributed by atoms with Gasteiger partial charge in [-0.05, 0) is 42.7 Å². The second-order valence-electron chi connectivity index (χ2n) is 4.59. The van der Waals surface area contributed by atoms with Crippen LogP contribution in [-0.4, -0.2) is 4.98 Å². The van der Waals surface area contributed by atoms with Crippen LogP contribution in [0.1, 0.15) is 29.3 Å². The van der Waals surface area contributed by atoms with Crippen LogP contribution in [-0.2, 0) is 6.42 Å². The minimum atomic E-state index is 0.212. The molecule has 3 rings (SSSR count). The fourth-order valence-electron chi connectivity index (χ4n) is 2.45. The van der Waals surface area contributed by atoms with Gasteiger partial charge in [-0.3, -0.25) is 4.98 Å². The molecule has 19 heavy (non-hydrogen) atoms. The lowest BCUT2D eigenvalue weighted by molar-refractivity contribution is 0.746. The second kappa shape index (κ2) is 4.91. The Labute approximate surface area is 116 Å². The van der Waals surface area contributed by atoms with Gasteiger partial charge < -0.3 is 5.32 Å². The van der Waals surface area contributed by atoms with Gasteiger partial charge in [-0.1, -0.05) is 17.7 Å². The van der Waals surface area contributed by atoms with E-state index in [0.29, 0.717) is 10.6 Å². The standard InChI is InChI=1S/C15H12ClN3/c16-13-5-4-12(8-11(13)9-17)19-14-6-3-10-2-1-7-18-15(10)14/h1-2,4-5,7-8,14,19H,3,6H2. The van der Waals surface area contributed by atoms with Gasteiger partial charge in [0.1, 0.15) is 6.07 Å². The summed E-state index contributed by atoms with van der Waals surface area (Å²) in [5.74, 6) is 0. The maximum atomic E-state index is 8.99. The van der Waals surface area contributed by atoms with E-state index in [0.717, 1.165) is 24.2 Å². The normalized spacial score (nSPS) is 16.7. The zero-order valence-electron chi connectivity index (χ0n) is 10.2. The molecule has 94 valence electrons. The Bertz CT molecular complexity index is 661. The number of fused-ring (bicyclic) bond motifs is 1. The first kappa shape index (κ1) is 12.0. The highest BCUT2D eigenvalue weighted by Crippen LogP contribution is 2.32. The zero-order chi connectivity index (χ0) is 13.2. The summed E-state index contributed by atoms with van der Waals surface area (Å²) in [7, 11) is 0. The van der Waals surface area contributed by atoms with E-state index in [1.54, 1.807) is 12.1 Å². The summed E-state index contributed by atoms with van der Waals surface area (Å²) in [6, 6.07) is 11.8. The number of aryl methyl sites for hydroxylation is 1. The largest absolute Gasteiger partial charge is 0.377 e. The van der Waals surface area contributed by atoms with Gasteiger partial charge in [0, 0.05) is 11.9 Å². The molecule has 0 saturated carbocycles. The van der Waals surface area contributed by atoms with Crippen LogP contribution in [0.4, 0.5) is 5.69 Å². The second-order valence-corrected chi connectivity index (χ2v) is 5.00. The molecule has 1 unspecified atom stereocenters. The van der Waals surface area contributed by atoms with Gasteiger partial charge >= 0.3 is 0 Å². The minimum Gasteiger partial charge on any atom is -0.377 e. The molecule has 1 aliphatic rings. The van der Waals surface area contributed by atoms with Crippen molar-refractivity contribution >= 4 is 17.3 Å². The predicted molar refractivity (Wildman–Crippen MR) is 75.1 cm³/mol. The van der Waals surface area contributed by atoms with Gasteiger partial charge in [0.25, 0.3) is 0 Å². The third-order valence-electron chi connectivity index (χ3n) is 3.39. The van der Waals surface area contributed by atoms with E-state index in [1.807, 2.05) is 18.3 Å². The van der Waals surface area contributed by atoms with Crippen molar-refractivity contribution in [2.75, 3.05) is 5.32 Å². The Morgan fingerprint density at radius 1 is 1.37 bits per heavy atom. The van der Waals surface area contributed by atoms with E-state index in [1.165, 1.54) is 5.56 Å². The van der Waals surface area contributed by atoms with E-state index in [4.69, 9.17) is 16.9 Å². The first-order chi connectivity index (χ1) is 9.28. The molecule has 0 aliphatic heterocycles. The molecule has 0 radical (unpaired) electrons. The Morgan fingerprint density at radius 3 is 3.11 bits per heavy atom. The van der Waals surface area contributed by atoms with Crippen LogP contribution in [0.5, 0.6) is 0 Å². The SMILES string of the molecule is N#Cc1cc(NC2CCc3cccnc32)ccc1Cl. The van der Waals surface area contributed by atoms with Crippen LogP contribution >= 0.6 is 11.6 Å². The molecule has 1 aliphatic carbocycles. The number of hydrogen-bond acceptors (Lipinski definition) is 3. The molecule has 0 amide bonds. The first-order valence-corrected chi connectivity index (χ1v) is 6.55. The van der Waals surface area contributed by atoms with Gasteiger partial charge in [0.15, 0.2) is 0 Å². The highest BCUT2D eigenvalue weighted by Gasteiger charge is 2.23. The van der Waals surface area contributed by atoms with Crippen LogP contribution in [0.3, 0.4) is 0 Å². The zero-order valence-corrected chi connectivity index (χ0v) is 11.0. The van der Waals surface area contributed by atoms with Crippen molar-refractivity contribution in [2.45, 2.75) is 18.9 Å². The Balaban J connectivity index is 1.86. The summed E-state index contributed by atoms with van der Waals surface area (Å²) in [5.41, 5.74) is 3.81. The number of nitriles is 1. The molecule has 0 spiro atoms. The molecule has 1 aromatic carbocycles. The predicted octanol–water partition coefficient (Wildman–Crippen LogP) is 3.71. The number of pyridine rings is 1. The molecule has 3 nitrogen and oxygen atoms in total. The number of rotatable bonds is 2. The molecule has 1 aromatic heterocycles. The average molecular weight is 270 g/mol. The van der Waals surface area contributed by atoms with Crippen molar-refractivity contribution in [1.82, 2.24) is 4.98 Å². The van der Waals surface area contributed by atoms with Gasteiger partial charge in [-0.2, -0.15) is 5.26 Å². The lowest BCUT2D eigenvalue weighted by Gasteiger charge is -2.15. The number of aromatic nitrogens is 1. The van der Waals surface area contributed by atoms with E-state index < -0.39 is 0 Å². The minimum absolute atomic E-state index is 0.212. The summed E-state index contributed by atoms with van der Waals surface area (Å²) in [5, 5.41) is 12.9. The van der Waals surface area contributed by atoms with Crippen molar-refractivity contribution in [3.05, 3.63) is 58.4 Å². The van der Waals surface area contributed by atoms with Crippen LogP contribution in [0.15, 0.2) is 36.5 Å². The van der Waals surface area contributed by atoms with Crippen molar-refractivity contribution in [2.24, 2.45) is 0 Å². The molecular weight excluding hydrogens is 258 g/mol. The third kappa shape index (κ3) is 2.27. The lowest BCUT2D eigenvalue weighted by atomic mass is 10.1. The van der Waals surface area contributed by atoms with Gasteiger partial charge in [-0.25, -0.2) is 0 Å². The fraction of sp³-hybridized carbons (Fsp3) is 0.200. The van der Waals surface area contributed by atoms with E-state index >= 15 is 0 Å². The van der Waals surface area contributed by atoms with Crippen molar-refractivity contribution in [3.63, 3.8) is 0 Å². The van der Waals surface area contributed by atoms with Gasteiger partial charge in [0.2, 0.25) is 0 Å². The van der Waals surface area contributed by atoms with Crippen molar-refractivity contribution < 1.29 is 0 Å². The number of nitrogens with zero attached hydrogens (tertiary/aromatic N) is 2. The average Bonchev–Trinajstić information content (AvgIpc) is 2.84. The smallest absolute Gasteiger partial charge is 0.101 e. The molecule has 0 bridgehead atoms. The monoisotopic (exact) mass is 269 g/mol. The topological polar surface area (TPSA) is 48.7 Å². The maximum Gasteiger partial charge on any atom is 0.101 e. The number of benzene rings is 1. The lowest BCUT2D eigenvalue weighted by Crippen LogP contribution is -2.08. The molecular formula is C15H12ClN3. The fourth-order valence-corrected chi connectivity index (χ4v) is 2.61. The number of anilines is 1. The van der Waals surface area contributed by atoms with Crippen molar-refractivity contribution in [3.8, 4) is 6.07 Å². The Kier molecular flexibility index (Phi) is 3.10. The summed E-state index contributed by atoms with van der Waals surface area (Å²) in [6.07, 6.45) is 3.89. The molecule has 0 fully saturated rings. The molecule has 4 heteroatoms. The molecule has 0 saturated heterocycles. The van der Waals surface area contributed by atoms with E-state index in [-0.39, 0.29) is 6.04 Å². The number of hydrogen-bond donors (Lipinski definition) is 1. The Morgan fingerprint density at radius 2 is 2.26 bits per heavy atom. The maximum absolute atomic E-state index is 8.99. The van der Waals surface area contributed by atoms with Gasteiger partial charge in [0.05, 0.1) is 22.3 Å². The van der Waals surface area contributed by atoms with E-state index in [2.05, 4.69) is 22.4 Å². The van der Waals surface area contributed by atoms with Crippen LogP contribution < -0.4 is 5.32 Å². The van der Waals surface area contributed by atoms with Crippen molar-refractivity contribution in [1.29, 1.82) is 5.26 Å². The summed E-state index contributed by atoms with van der Waals surface area (Å²) >= 11 is 5.93. The molecule has 1 atom stereocenters. The van der Waals surface area contributed by atoms with Crippen LogP contribution in [0.2, 0.25) is 5.02 Å². The molecule has 1 N–H and O–H groups in total.